The van der Waals surface area contributed by atoms with Crippen LogP contribution in [0, 0.1) is 12.7 Å². The molecule has 100 valence electrons. The van der Waals surface area contributed by atoms with Gasteiger partial charge in [-0.2, -0.15) is 0 Å². The van der Waals surface area contributed by atoms with Crippen molar-refractivity contribution >= 4 is 17.6 Å². The van der Waals surface area contributed by atoms with Gasteiger partial charge in [0.15, 0.2) is 0 Å². The topological polar surface area (TPSA) is 51.8 Å². The number of anilines is 1. The summed E-state index contributed by atoms with van der Waals surface area (Å²) in [6.45, 7) is 3.97. The number of aromatic nitrogens is 2. The highest BCUT2D eigenvalue weighted by Crippen LogP contribution is 2.23. The van der Waals surface area contributed by atoms with Gasteiger partial charge < -0.3 is 5.73 Å². The third-order valence-electron chi connectivity index (χ3n) is 2.81. The Morgan fingerprint density at radius 1 is 1.32 bits per heavy atom. The van der Waals surface area contributed by atoms with Gasteiger partial charge in [0, 0.05) is 16.2 Å². The van der Waals surface area contributed by atoms with E-state index in [4.69, 9.17) is 5.73 Å². The quantitative estimate of drug-likeness (QED) is 0.871. The average Bonchev–Trinajstić information content (AvgIpc) is 2.36. The highest BCUT2D eigenvalue weighted by Gasteiger charge is 2.08. The standard InChI is InChI=1S/C14H16FN3S/c1-3-12-9(2)17-13(18-14(12)16)8-19-11-6-4-5-10(15)7-11/h4-7H,3,8H2,1-2H3,(H2,16,17,18). The summed E-state index contributed by atoms with van der Waals surface area (Å²) in [5, 5.41) is 0. The van der Waals surface area contributed by atoms with E-state index in [9.17, 15) is 4.39 Å². The lowest BCUT2D eigenvalue weighted by atomic mass is 10.2. The molecular formula is C14H16FN3S. The van der Waals surface area contributed by atoms with Crippen LogP contribution in [0.1, 0.15) is 24.0 Å². The first-order valence-electron chi connectivity index (χ1n) is 6.10. The van der Waals surface area contributed by atoms with E-state index in [1.165, 1.54) is 23.9 Å². The Bertz CT molecular complexity index is 564. The van der Waals surface area contributed by atoms with E-state index in [0.29, 0.717) is 17.4 Å². The zero-order chi connectivity index (χ0) is 13.8. The fourth-order valence-corrected chi connectivity index (χ4v) is 2.68. The molecule has 0 spiro atoms. The number of nitrogens with two attached hydrogens (primary N) is 1. The number of nitrogen functional groups attached to an aromatic ring is 1. The highest BCUT2D eigenvalue weighted by molar-refractivity contribution is 7.98. The zero-order valence-electron chi connectivity index (χ0n) is 11.0. The fraction of sp³-hybridized carbons (Fsp3) is 0.286. The summed E-state index contributed by atoms with van der Waals surface area (Å²) in [6, 6.07) is 6.49. The molecule has 5 heteroatoms. The van der Waals surface area contributed by atoms with Crippen LogP contribution in [0.25, 0.3) is 0 Å². The third-order valence-corrected chi connectivity index (χ3v) is 3.80. The molecule has 0 saturated carbocycles. The van der Waals surface area contributed by atoms with Crippen LogP contribution in [0.3, 0.4) is 0 Å². The van der Waals surface area contributed by atoms with Gasteiger partial charge in [-0.1, -0.05) is 13.0 Å². The van der Waals surface area contributed by atoms with Crippen LogP contribution in [0.2, 0.25) is 0 Å². The van der Waals surface area contributed by atoms with Crippen LogP contribution in [0.4, 0.5) is 10.2 Å². The summed E-state index contributed by atoms with van der Waals surface area (Å²) in [6.07, 6.45) is 0.828. The lowest BCUT2D eigenvalue weighted by Crippen LogP contribution is -2.06. The van der Waals surface area contributed by atoms with Crippen molar-refractivity contribution in [1.82, 2.24) is 9.97 Å². The maximum Gasteiger partial charge on any atom is 0.141 e. The van der Waals surface area contributed by atoms with Gasteiger partial charge in [-0.25, -0.2) is 14.4 Å². The van der Waals surface area contributed by atoms with Gasteiger partial charge in [-0.05, 0) is 31.5 Å². The summed E-state index contributed by atoms with van der Waals surface area (Å²) in [5.74, 6) is 1.58. The van der Waals surface area contributed by atoms with Gasteiger partial charge in [0.2, 0.25) is 0 Å². The van der Waals surface area contributed by atoms with Gasteiger partial charge in [0.25, 0.3) is 0 Å². The predicted molar refractivity (Wildman–Crippen MR) is 76.5 cm³/mol. The van der Waals surface area contributed by atoms with Gasteiger partial charge in [0.1, 0.15) is 17.5 Å². The van der Waals surface area contributed by atoms with Crippen LogP contribution < -0.4 is 5.73 Å². The lowest BCUT2D eigenvalue weighted by molar-refractivity contribution is 0.624. The molecule has 2 N–H and O–H groups in total. The number of hydrogen-bond acceptors (Lipinski definition) is 4. The second kappa shape index (κ2) is 6.02. The molecule has 0 aliphatic rings. The second-order valence-corrected chi connectivity index (χ2v) is 5.24. The molecule has 0 aliphatic carbocycles. The van der Waals surface area contributed by atoms with Gasteiger partial charge >= 0.3 is 0 Å². The largest absolute Gasteiger partial charge is 0.383 e. The molecule has 3 nitrogen and oxygen atoms in total. The minimum Gasteiger partial charge on any atom is -0.383 e. The molecule has 0 fully saturated rings. The normalized spacial score (nSPS) is 10.7. The minimum atomic E-state index is -0.233. The number of thioether (sulfide) groups is 1. The molecule has 0 unspecified atom stereocenters. The van der Waals surface area contributed by atoms with Crippen molar-refractivity contribution in [3.63, 3.8) is 0 Å². The van der Waals surface area contributed by atoms with Gasteiger partial charge in [0.05, 0.1) is 5.75 Å². The van der Waals surface area contributed by atoms with Gasteiger partial charge in [-0.15, -0.1) is 11.8 Å². The van der Waals surface area contributed by atoms with Crippen molar-refractivity contribution < 1.29 is 4.39 Å². The van der Waals surface area contributed by atoms with Crippen LogP contribution in [0.15, 0.2) is 29.2 Å². The molecule has 0 bridgehead atoms. The van der Waals surface area contributed by atoms with Gasteiger partial charge in [-0.3, -0.25) is 0 Å². The molecule has 0 saturated heterocycles. The van der Waals surface area contributed by atoms with Crippen LogP contribution in [0.5, 0.6) is 0 Å². The van der Waals surface area contributed by atoms with E-state index >= 15 is 0 Å². The average molecular weight is 277 g/mol. The fourth-order valence-electron chi connectivity index (χ4n) is 1.88. The first-order valence-corrected chi connectivity index (χ1v) is 7.09. The number of aryl methyl sites for hydroxylation is 1. The maximum absolute atomic E-state index is 13.1. The predicted octanol–water partition coefficient (Wildman–Crippen LogP) is 3.36. The number of hydrogen-bond donors (Lipinski definition) is 1. The smallest absolute Gasteiger partial charge is 0.141 e. The Labute approximate surface area is 116 Å². The molecule has 1 heterocycles. The van der Waals surface area contributed by atoms with Crippen LogP contribution >= 0.6 is 11.8 Å². The first-order chi connectivity index (χ1) is 9.10. The Morgan fingerprint density at radius 3 is 2.74 bits per heavy atom. The SMILES string of the molecule is CCc1c(C)nc(CSc2cccc(F)c2)nc1N. The van der Waals surface area contributed by atoms with E-state index in [1.54, 1.807) is 6.07 Å². The number of benzene rings is 1. The molecule has 1 aromatic heterocycles. The molecule has 1 aromatic carbocycles. The first kappa shape index (κ1) is 13.8. The van der Waals surface area contributed by atoms with Crippen LogP contribution in [-0.2, 0) is 12.2 Å². The summed E-state index contributed by atoms with van der Waals surface area (Å²) >= 11 is 1.50. The van der Waals surface area contributed by atoms with E-state index in [1.807, 2.05) is 19.9 Å². The number of nitrogens with zero attached hydrogens (tertiary/aromatic N) is 2. The summed E-state index contributed by atoms with van der Waals surface area (Å²) < 4.78 is 13.1. The Kier molecular flexibility index (Phi) is 4.37. The van der Waals surface area contributed by atoms with Crippen molar-refractivity contribution in [1.29, 1.82) is 0 Å². The maximum atomic E-state index is 13.1. The third kappa shape index (κ3) is 3.44. The van der Waals surface area contributed by atoms with Crippen molar-refractivity contribution in [2.75, 3.05) is 5.73 Å². The Hall–Kier alpha value is -1.62. The minimum absolute atomic E-state index is 0.233. The van der Waals surface area contributed by atoms with Crippen molar-refractivity contribution in [3.05, 3.63) is 47.2 Å². The second-order valence-electron chi connectivity index (χ2n) is 4.19. The number of halogens is 1. The van der Waals surface area contributed by atoms with E-state index in [-0.39, 0.29) is 5.82 Å². The van der Waals surface area contributed by atoms with Crippen molar-refractivity contribution in [3.8, 4) is 0 Å². The molecular weight excluding hydrogens is 261 g/mol. The number of rotatable bonds is 4. The summed E-state index contributed by atoms with van der Waals surface area (Å²) in [7, 11) is 0. The Morgan fingerprint density at radius 2 is 2.11 bits per heavy atom. The van der Waals surface area contributed by atoms with E-state index in [2.05, 4.69) is 9.97 Å². The summed E-state index contributed by atoms with van der Waals surface area (Å²) in [4.78, 5) is 9.59. The Balaban J connectivity index is 2.12. The molecule has 2 rings (SSSR count). The van der Waals surface area contributed by atoms with E-state index < -0.39 is 0 Å². The lowest BCUT2D eigenvalue weighted by Gasteiger charge is -2.08. The molecule has 2 aromatic rings. The van der Waals surface area contributed by atoms with Crippen molar-refractivity contribution in [2.45, 2.75) is 30.9 Å². The monoisotopic (exact) mass is 277 g/mol. The molecule has 0 radical (unpaired) electrons. The van der Waals surface area contributed by atoms with Crippen LogP contribution in [-0.4, -0.2) is 9.97 Å². The molecule has 0 aliphatic heterocycles. The molecule has 0 amide bonds. The van der Waals surface area contributed by atoms with E-state index in [0.717, 1.165) is 22.6 Å². The van der Waals surface area contributed by atoms with Crippen molar-refractivity contribution in [2.24, 2.45) is 0 Å². The molecule has 19 heavy (non-hydrogen) atoms. The highest BCUT2D eigenvalue weighted by atomic mass is 32.2. The summed E-state index contributed by atoms with van der Waals surface area (Å²) in [5.41, 5.74) is 7.83. The molecule has 0 atom stereocenters. The zero-order valence-corrected chi connectivity index (χ0v) is 11.8.